The molecular weight excluding hydrogens is 262 g/mol. The average Bonchev–Trinajstić information content (AvgIpc) is 2.81. The van der Waals surface area contributed by atoms with Crippen LogP contribution in [-0.2, 0) is 17.8 Å². The lowest BCUT2D eigenvalue weighted by molar-refractivity contribution is -0.123. The summed E-state index contributed by atoms with van der Waals surface area (Å²) in [6.07, 6.45) is 8.79. The summed E-state index contributed by atoms with van der Waals surface area (Å²) in [7, 11) is 0. The van der Waals surface area contributed by atoms with Crippen LogP contribution in [0.4, 0.5) is 0 Å². The van der Waals surface area contributed by atoms with Gasteiger partial charge < -0.3 is 15.2 Å². The third-order valence-corrected chi connectivity index (χ3v) is 4.45. The van der Waals surface area contributed by atoms with Gasteiger partial charge in [0.25, 0.3) is 0 Å². The molecule has 0 fully saturated rings. The number of aromatic nitrogens is 1. The van der Waals surface area contributed by atoms with E-state index in [-0.39, 0.29) is 11.4 Å². The molecule has 21 heavy (non-hydrogen) atoms. The molecule has 118 valence electrons. The zero-order valence-corrected chi connectivity index (χ0v) is 13.8. The summed E-state index contributed by atoms with van der Waals surface area (Å²) in [5.74, 6) is 0.0918. The summed E-state index contributed by atoms with van der Waals surface area (Å²) >= 11 is 0. The molecule has 1 aliphatic carbocycles. The third-order valence-electron chi connectivity index (χ3n) is 4.45. The van der Waals surface area contributed by atoms with Crippen LogP contribution in [0.15, 0.2) is 12.4 Å². The Morgan fingerprint density at radius 2 is 2.14 bits per heavy atom. The predicted molar refractivity (Wildman–Crippen MR) is 86.3 cm³/mol. The molecule has 0 radical (unpaired) electrons. The zero-order chi connectivity index (χ0) is 15.5. The Morgan fingerprint density at radius 3 is 2.81 bits per heavy atom. The topological polar surface area (TPSA) is 46.1 Å². The van der Waals surface area contributed by atoms with Crippen molar-refractivity contribution in [2.24, 2.45) is 0 Å². The van der Waals surface area contributed by atoms with Gasteiger partial charge in [0.2, 0.25) is 5.91 Å². The molecule has 1 amide bonds. The number of amides is 1. The molecular formula is C17H29N3O. The van der Waals surface area contributed by atoms with Crippen molar-refractivity contribution in [1.29, 1.82) is 0 Å². The molecule has 4 heteroatoms. The molecule has 0 aliphatic heterocycles. The predicted octanol–water partition coefficient (Wildman–Crippen LogP) is 2.78. The van der Waals surface area contributed by atoms with E-state index in [4.69, 9.17) is 0 Å². The molecule has 0 spiro atoms. The van der Waals surface area contributed by atoms with E-state index < -0.39 is 0 Å². The highest BCUT2D eigenvalue weighted by molar-refractivity contribution is 5.76. The number of aryl methyl sites for hydroxylation is 1. The summed E-state index contributed by atoms with van der Waals surface area (Å²) in [5, 5.41) is 6.64. The van der Waals surface area contributed by atoms with Crippen molar-refractivity contribution in [2.45, 2.75) is 71.5 Å². The molecule has 0 aromatic carbocycles. The maximum Gasteiger partial charge on any atom is 0.240 e. The number of fused-ring (bicyclic) bond motifs is 1. The van der Waals surface area contributed by atoms with Crippen molar-refractivity contribution in [3.63, 3.8) is 0 Å². The molecule has 1 atom stereocenters. The molecule has 1 aliphatic rings. The fourth-order valence-electron chi connectivity index (χ4n) is 2.97. The summed E-state index contributed by atoms with van der Waals surface area (Å²) < 4.78 is 2.04. The molecule has 4 nitrogen and oxygen atoms in total. The van der Waals surface area contributed by atoms with Gasteiger partial charge in [-0.1, -0.05) is 13.8 Å². The molecule has 1 heterocycles. The van der Waals surface area contributed by atoms with Crippen molar-refractivity contribution in [3.8, 4) is 0 Å². The molecule has 0 saturated heterocycles. The number of hydrogen-bond donors (Lipinski definition) is 2. The fourth-order valence-corrected chi connectivity index (χ4v) is 2.97. The van der Waals surface area contributed by atoms with Gasteiger partial charge in [0, 0.05) is 24.0 Å². The number of nitrogens with one attached hydrogen (secondary N) is 2. The first-order chi connectivity index (χ1) is 9.95. The van der Waals surface area contributed by atoms with E-state index >= 15 is 0 Å². The number of hydrogen-bond acceptors (Lipinski definition) is 2. The Labute approximate surface area is 128 Å². The standard InChI is InChI=1S/C17H29N3O/c1-5-17(3,4)19-16(21)12-20-10-13-8-7-9-15(18-6-2)14(13)11-20/h10-11,15,18H,5-9,12H2,1-4H3,(H,19,21). The van der Waals surface area contributed by atoms with E-state index in [9.17, 15) is 4.79 Å². The van der Waals surface area contributed by atoms with Gasteiger partial charge >= 0.3 is 0 Å². The maximum atomic E-state index is 12.2. The van der Waals surface area contributed by atoms with E-state index in [1.807, 2.05) is 4.57 Å². The van der Waals surface area contributed by atoms with Crippen LogP contribution in [0.1, 0.15) is 64.1 Å². The number of carbonyl (C=O) groups excluding carboxylic acids is 1. The van der Waals surface area contributed by atoms with Crippen LogP contribution in [-0.4, -0.2) is 22.6 Å². The van der Waals surface area contributed by atoms with E-state index in [2.05, 4.69) is 50.7 Å². The lowest BCUT2D eigenvalue weighted by atomic mass is 9.91. The third kappa shape index (κ3) is 4.10. The minimum absolute atomic E-state index is 0.0918. The monoisotopic (exact) mass is 291 g/mol. The smallest absolute Gasteiger partial charge is 0.240 e. The van der Waals surface area contributed by atoms with E-state index in [1.165, 1.54) is 24.0 Å². The summed E-state index contributed by atoms with van der Waals surface area (Å²) in [4.78, 5) is 12.2. The quantitative estimate of drug-likeness (QED) is 0.846. The minimum Gasteiger partial charge on any atom is -0.350 e. The lowest BCUT2D eigenvalue weighted by Gasteiger charge is -2.24. The van der Waals surface area contributed by atoms with Gasteiger partial charge in [-0.25, -0.2) is 0 Å². The van der Waals surface area contributed by atoms with Gasteiger partial charge in [-0.05, 0) is 57.2 Å². The van der Waals surface area contributed by atoms with Crippen LogP contribution >= 0.6 is 0 Å². The van der Waals surface area contributed by atoms with Crippen molar-refractivity contribution < 1.29 is 4.79 Å². The van der Waals surface area contributed by atoms with Gasteiger partial charge in [0.05, 0.1) is 0 Å². The van der Waals surface area contributed by atoms with Crippen LogP contribution in [0, 0.1) is 0 Å². The van der Waals surface area contributed by atoms with Gasteiger partial charge in [0.1, 0.15) is 6.54 Å². The summed E-state index contributed by atoms with van der Waals surface area (Å²) in [6.45, 7) is 9.76. The molecule has 1 aromatic rings. The largest absolute Gasteiger partial charge is 0.350 e. The molecule has 1 aromatic heterocycles. The zero-order valence-electron chi connectivity index (χ0n) is 13.8. The second-order valence-electron chi connectivity index (χ2n) is 6.70. The van der Waals surface area contributed by atoms with Crippen LogP contribution in [0.25, 0.3) is 0 Å². The van der Waals surface area contributed by atoms with Crippen molar-refractivity contribution >= 4 is 5.91 Å². The average molecular weight is 291 g/mol. The number of rotatable bonds is 6. The first-order valence-corrected chi connectivity index (χ1v) is 8.18. The lowest BCUT2D eigenvalue weighted by Crippen LogP contribution is -2.44. The SMILES string of the molecule is CCNC1CCCc2cn(CC(=O)NC(C)(C)CC)cc21. The van der Waals surface area contributed by atoms with E-state index in [0.717, 1.165) is 19.4 Å². The van der Waals surface area contributed by atoms with Crippen molar-refractivity contribution in [2.75, 3.05) is 6.54 Å². The normalized spacial score (nSPS) is 18.4. The van der Waals surface area contributed by atoms with Crippen LogP contribution in [0.5, 0.6) is 0 Å². The molecule has 0 saturated carbocycles. The van der Waals surface area contributed by atoms with Crippen molar-refractivity contribution in [1.82, 2.24) is 15.2 Å². The first-order valence-electron chi connectivity index (χ1n) is 8.18. The number of nitrogens with zero attached hydrogens (tertiary/aromatic N) is 1. The minimum atomic E-state index is -0.129. The number of carbonyl (C=O) groups is 1. The highest BCUT2D eigenvalue weighted by Gasteiger charge is 2.22. The highest BCUT2D eigenvalue weighted by Crippen LogP contribution is 2.30. The Bertz CT molecular complexity index is 490. The molecule has 2 N–H and O–H groups in total. The van der Waals surface area contributed by atoms with Gasteiger partial charge in [0.15, 0.2) is 0 Å². The van der Waals surface area contributed by atoms with Crippen LogP contribution < -0.4 is 10.6 Å². The van der Waals surface area contributed by atoms with Gasteiger partial charge in [-0.15, -0.1) is 0 Å². The Kier molecular flexibility index (Phi) is 5.09. The summed E-state index contributed by atoms with van der Waals surface area (Å²) in [5.41, 5.74) is 2.65. The van der Waals surface area contributed by atoms with Gasteiger partial charge in [-0.3, -0.25) is 4.79 Å². The molecule has 1 unspecified atom stereocenters. The maximum absolute atomic E-state index is 12.2. The highest BCUT2D eigenvalue weighted by atomic mass is 16.2. The van der Waals surface area contributed by atoms with E-state index in [0.29, 0.717) is 12.6 Å². The Morgan fingerprint density at radius 1 is 1.38 bits per heavy atom. The van der Waals surface area contributed by atoms with Crippen LogP contribution in [0.3, 0.4) is 0 Å². The first kappa shape index (κ1) is 16.1. The summed E-state index contributed by atoms with van der Waals surface area (Å²) in [6, 6.07) is 0.454. The van der Waals surface area contributed by atoms with Crippen molar-refractivity contribution in [3.05, 3.63) is 23.5 Å². The Balaban J connectivity index is 2.04. The van der Waals surface area contributed by atoms with Gasteiger partial charge in [-0.2, -0.15) is 0 Å². The second-order valence-corrected chi connectivity index (χ2v) is 6.70. The second kappa shape index (κ2) is 6.65. The van der Waals surface area contributed by atoms with Crippen LogP contribution in [0.2, 0.25) is 0 Å². The molecule has 2 rings (SSSR count). The van der Waals surface area contributed by atoms with E-state index in [1.54, 1.807) is 0 Å². The fraction of sp³-hybridized carbons (Fsp3) is 0.706. The Hall–Kier alpha value is -1.29. The molecule has 0 bridgehead atoms.